The van der Waals surface area contributed by atoms with Gasteiger partial charge in [0.2, 0.25) is 5.91 Å². The Bertz CT molecular complexity index is 467. The van der Waals surface area contributed by atoms with Crippen LogP contribution in [0.5, 0.6) is 0 Å². The maximum absolute atomic E-state index is 11.3. The fraction of sp³-hybridized carbons (Fsp3) is 0.222. The summed E-state index contributed by atoms with van der Waals surface area (Å²) in [4.78, 5) is 10.9. The highest BCUT2D eigenvalue weighted by Gasteiger charge is 2.13. The lowest BCUT2D eigenvalue weighted by Gasteiger charge is -2.07. The Labute approximate surface area is 87.7 Å². The maximum Gasteiger partial charge on any atom is 0.250 e. The highest BCUT2D eigenvalue weighted by molar-refractivity contribution is 7.90. The van der Waals surface area contributed by atoms with Gasteiger partial charge in [-0.05, 0) is 12.1 Å². The normalized spacial score (nSPS) is 11.1. The number of carbonyl (C=O) groups excluding carboxylic acids is 1. The molecule has 1 aromatic carbocycles. The minimum Gasteiger partial charge on any atom is -0.387 e. The predicted molar refractivity (Wildman–Crippen MR) is 55.3 cm³/mol. The largest absolute Gasteiger partial charge is 0.387 e. The Morgan fingerprint density at radius 2 is 2.00 bits per heavy atom. The molecule has 1 amide bonds. The number of hydrogen-bond acceptors (Lipinski definition) is 4. The van der Waals surface area contributed by atoms with Gasteiger partial charge in [0.05, 0.1) is 10.6 Å². The number of rotatable bonds is 3. The summed E-state index contributed by atoms with van der Waals surface area (Å²) in [5.74, 6) is -0.647. The topological polar surface area (TPSA) is 83.5 Å². The number of hydrogen-bond donors (Lipinski definition) is 2. The smallest absolute Gasteiger partial charge is 0.250 e. The number of aliphatic hydroxyl groups is 1. The van der Waals surface area contributed by atoms with Gasteiger partial charge in [0, 0.05) is 6.26 Å². The molecule has 0 saturated carbocycles. The average molecular weight is 229 g/mol. The summed E-state index contributed by atoms with van der Waals surface area (Å²) in [5.41, 5.74) is 0.180. The first-order chi connectivity index (χ1) is 6.95. The second kappa shape index (κ2) is 4.41. The molecule has 5 nitrogen and oxygen atoms in total. The van der Waals surface area contributed by atoms with Gasteiger partial charge in [0.15, 0.2) is 9.84 Å². The first kappa shape index (κ1) is 11.7. The predicted octanol–water partition coefficient (Wildman–Crippen LogP) is 0.0209. The van der Waals surface area contributed by atoms with Crippen LogP contribution < -0.4 is 5.32 Å². The molecule has 0 aliphatic rings. The SMILES string of the molecule is CS(=O)(=O)c1ccccc1NC(=O)CO. The van der Waals surface area contributed by atoms with Crippen molar-refractivity contribution in [3.63, 3.8) is 0 Å². The number of aliphatic hydroxyl groups excluding tert-OH is 1. The van der Waals surface area contributed by atoms with E-state index in [1.54, 1.807) is 12.1 Å². The van der Waals surface area contributed by atoms with Crippen LogP contribution in [-0.2, 0) is 14.6 Å². The summed E-state index contributed by atoms with van der Waals surface area (Å²) in [6, 6.07) is 6.01. The van der Waals surface area contributed by atoms with E-state index < -0.39 is 22.4 Å². The molecule has 0 aliphatic heterocycles. The monoisotopic (exact) mass is 229 g/mol. The highest BCUT2D eigenvalue weighted by atomic mass is 32.2. The number of carbonyl (C=O) groups is 1. The standard InChI is InChI=1S/C9H11NO4S/c1-15(13,14)8-5-3-2-4-7(8)10-9(12)6-11/h2-5,11H,6H2,1H3,(H,10,12). The molecular formula is C9H11NO4S. The molecule has 0 fully saturated rings. The quantitative estimate of drug-likeness (QED) is 0.765. The molecule has 1 rings (SSSR count). The van der Waals surface area contributed by atoms with Crippen LogP contribution in [-0.4, -0.2) is 32.3 Å². The lowest BCUT2D eigenvalue weighted by atomic mass is 10.3. The van der Waals surface area contributed by atoms with Crippen molar-refractivity contribution < 1.29 is 18.3 Å². The Kier molecular flexibility index (Phi) is 3.43. The molecule has 0 unspecified atom stereocenters. The zero-order valence-electron chi connectivity index (χ0n) is 8.10. The number of sulfone groups is 1. The van der Waals surface area contributed by atoms with E-state index >= 15 is 0 Å². The second-order valence-electron chi connectivity index (χ2n) is 2.97. The van der Waals surface area contributed by atoms with E-state index in [0.717, 1.165) is 6.26 Å². The Morgan fingerprint density at radius 1 is 1.40 bits per heavy atom. The number of nitrogens with one attached hydrogen (secondary N) is 1. The van der Waals surface area contributed by atoms with Gasteiger partial charge in [-0.1, -0.05) is 12.1 Å². The van der Waals surface area contributed by atoms with Crippen molar-refractivity contribution >= 4 is 21.4 Å². The van der Waals surface area contributed by atoms with Gasteiger partial charge < -0.3 is 10.4 Å². The molecule has 1 aromatic rings. The molecule has 0 bridgehead atoms. The third-order valence-corrected chi connectivity index (χ3v) is 2.86. The fourth-order valence-corrected chi connectivity index (χ4v) is 1.93. The van der Waals surface area contributed by atoms with E-state index in [4.69, 9.17) is 5.11 Å². The molecule has 0 aromatic heterocycles. The minimum absolute atomic E-state index is 0.0341. The minimum atomic E-state index is -3.38. The molecule has 0 saturated heterocycles. The van der Waals surface area contributed by atoms with Crippen molar-refractivity contribution in [2.45, 2.75) is 4.90 Å². The van der Waals surface area contributed by atoms with Crippen LogP contribution >= 0.6 is 0 Å². The molecule has 82 valence electrons. The van der Waals surface area contributed by atoms with Crippen molar-refractivity contribution in [3.05, 3.63) is 24.3 Å². The van der Waals surface area contributed by atoms with Crippen molar-refractivity contribution in [1.82, 2.24) is 0 Å². The van der Waals surface area contributed by atoms with E-state index in [-0.39, 0.29) is 10.6 Å². The van der Waals surface area contributed by atoms with Crippen molar-refractivity contribution in [3.8, 4) is 0 Å². The van der Waals surface area contributed by atoms with Gasteiger partial charge in [-0.2, -0.15) is 0 Å². The molecule has 15 heavy (non-hydrogen) atoms. The summed E-state index contributed by atoms with van der Waals surface area (Å²) in [6.07, 6.45) is 1.05. The van der Waals surface area contributed by atoms with E-state index in [1.165, 1.54) is 12.1 Å². The Balaban J connectivity index is 3.13. The molecule has 0 atom stereocenters. The summed E-state index contributed by atoms with van der Waals surface area (Å²) < 4.78 is 22.6. The van der Waals surface area contributed by atoms with Crippen molar-refractivity contribution in [1.29, 1.82) is 0 Å². The Hall–Kier alpha value is -1.40. The zero-order chi connectivity index (χ0) is 11.5. The van der Waals surface area contributed by atoms with Crippen LogP contribution in [0.1, 0.15) is 0 Å². The van der Waals surface area contributed by atoms with Gasteiger partial charge in [0.25, 0.3) is 0 Å². The summed E-state index contributed by atoms with van der Waals surface area (Å²) in [7, 11) is -3.38. The van der Waals surface area contributed by atoms with Crippen LogP contribution in [0.4, 0.5) is 5.69 Å². The number of benzene rings is 1. The van der Waals surface area contributed by atoms with Crippen LogP contribution in [0.2, 0.25) is 0 Å². The van der Waals surface area contributed by atoms with Gasteiger partial charge >= 0.3 is 0 Å². The number of amides is 1. The van der Waals surface area contributed by atoms with Gasteiger partial charge in [-0.3, -0.25) is 4.79 Å². The summed E-state index contributed by atoms with van der Waals surface area (Å²) in [5, 5.41) is 10.8. The molecular weight excluding hydrogens is 218 g/mol. The number of anilines is 1. The van der Waals surface area contributed by atoms with Crippen LogP contribution in [0.25, 0.3) is 0 Å². The molecule has 0 radical (unpaired) electrons. The van der Waals surface area contributed by atoms with Gasteiger partial charge in [-0.15, -0.1) is 0 Å². The zero-order valence-corrected chi connectivity index (χ0v) is 8.91. The van der Waals surface area contributed by atoms with Gasteiger partial charge in [0.1, 0.15) is 6.61 Å². The van der Waals surface area contributed by atoms with E-state index in [2.05, 4.69) is 5.32 Å². The molecule has 6 heteroatoms. The van der Waals surface area contributed by atoms with Crippen LogP contribution in [0, 0.1) is 0 Å². The lowest BCUT2D eigenvalue weighted by Crippen LogP contribution is -2.17. The fourth-order valence-electron chi connectivity index (χ4n) is 1.08. The van der Waals surface area contributed by atoms with Crippen molar-refractivity contribution in [2.75, 3.05) is 18.2 Å². The third-order valence-electron chi connectivity index (χ3n) is 1.70. The maximum atomic E-state index is 11.3. The highest BCUT2D eigenvalue weighted by Crippen LogP contribution is 2.20. The lowest BCUT2D eigenvalue weighted by molar-refractivity contribution is -0.118. The summed E-state index contributed by atoms with van der Waals surface area (Å²) in [6.45, 7) is -0.682. The second-order valence-corrected chi connectivity index (χ2v) is 4.96. The number of para-hydroxylation sites is 1. The van der Waals surface area contributed by atoms with Gasteiger partial charge in [-0.25, -0.2) is 8.42 Å². The Morgan fingerprint density at radius 3 is 2.53 bits per heavy atom. The van der Waals surface area contributed by atoms with E-state index in [0.29, 0.717) is 0 Å². The molecule has 0 heterocycles. The average Bonchev–Trinajstić information content (AvgIpc) is 2.17. The first-order valence-corrected chi connectivity index (χ1v) is 6.04. The molecule has 2 N–H and O–H groups in total. The molecule has 0 aliphatic carbocycles. The first-order valence-electron chi connectivity index (χ1n) is 4.15. The van der Waals surface area contributed by atoms with Crippen LogP contribution in [0.15, 0.2) is 29.2 Å². The van der Waals surface area contributed by atoms with E-state index in [1.807, 2.05) is 0 Å². The molecule has 0 spiro atoms. The third kappa shape index (κ3) is 3.03. The van der Waals surface area contributed by atoms with Crippen LogP contribution in [0.3, 0.4) is 0 Å². The van der Waals surface area contributed by atoms with E-state index in [9.17, 15) is 13.2 Å². The van der Waals surface area contributed by atoms with Crippen molar-refractivity contribution in [2.24, 2.45) is 0 Å². The summed E-state index contributed by atoms with van der Waals surface area (Å²) >= 11 is 0.